The summed E-state index contributed by atoms with van der Waals surface area (Å²) in [7, 11) is 0. The Balaban J connectivity index is 1.49. The van der Waals surface area contributed by atoms with E-state index in [9.17, 15) is 9.59 Å². The Morgan fingerprint density at radius 1 is 1.03 bits per heavy atom. The standard InChI is InChI=1S/C22H25N5O2/c28-21-17-5-1-2-6-18(17)24-20(27(21)15-16-8-9-16)19-7-3-11-25(19)13-14-26-12-4-10-23-22(26)29/h1-2,4-6,10,12,16,19H,3,7-9,11,13-15H2. The molecule has 5 rings (SSSR count). The van der Waals surface area contributed by atoms with Gasteiger partial charge in [0.15, 0.2) is 0 Å². The van der Waals surface area contributed by atoms with Gasteiger partial charge >= 0.3 is 5.69 Å². The lowest BCUT2D eigenvalue weighted by Gasteiger charge is -2.26. The van der Waals surface area contributed by atoms with Gasteiger partial charge in [-0.1, -0.05) is 12.1 Å². The molecule has 2 fully saturated rings. The minimum absolute atomic E-state index is 0.0767. The summed E-state index contributed by atoms with van der Waals surface area (Å²) in [4.78, 5) is 36.3. The van der Waals surface area contributed by atoms with Crippen molar-refractivity contribution in [3.8, 4) is 0 Å². The third kappa shape index (κ3) is 3.62. The van der Waals surface area contributed by atoms with E-state index in [0.717, 1.165) is 43.8 Å². The summed E-state index contributed by atoms with van der Waals surface area (Å²) in [5.74, 6) is 1.48. The number of benzene rings is 1. The first-order valence-corrected chi connectivity index (χ1v) is 10.5. The molecule has 29 heavy (non-hydrogen) atoms. The van der Waals surface area contributed by atoms with Gasteiger partial charge in [0.25, 0.3) is 5.56 Å². The Labute approximate surface area is 168 Å². The molecule has 0 radical (unpaired) electrons. The number of aromatic nitrogens is 4. The van der Waals surface area contributed by atoms with Gasteiger partial charge in [-0.2, -0.15) is 0 Å². The third-order valence-corrected chi connectivity index (χ3v) is 6.10. The topological polar surface area (TPSA) is 73.0 Å². The average molecular weight is 391 g/mol. The molecule has 1 aromatic carbocycles. The van der Waals surface area contributed by atoms with Crippen LogP contribution in [0.1, 0.15) is 37.5 Å². The molecule has 2 aromatic heterocycles. The van der Waals surface area contributed by atoms with Crippen LogP contribution >= 0.6 is 0 Å². The van der Waals surface area contributed by atoms with Gasteiger partial charge in [0, 0.05) is 32.0 Å². The van der Waals surface area contributed by atoms with E-state index in [4.69, 9.17) is 4.98 Å². The van der Waals surface area contributed by atoms with Crippen LogP contribution in [0.2, 0.25) is 0 Å². The predicted molar refractivity (Wildman–Crippen MR) is 111 cm³/mol. The Hall–Kier alpha value is -2.80. The number of fused-ring (bicyclic) bond motifs is 1. The molecule has 1 atom stereocenters. The van der Waals surface area contributed by atoms with Crippen LogP contribution in [0, 0.1) is 5.92 Å². The zero-order chi connectivity index (χ0) is 19.8. The molecule has 150 valence electrons. The molecular formula is C22H25N5O2. The molecule has 0 N–H and O–H groups in total. The van der Waals surface area contributed by atoms with Gasteiger partial charge < -0.3 is 0 Å². The van der Waals surface area contributed by atoms with Crippen molar-refractivity contribution < 1.29 is 0 Å². The maximum Gasteiger partial charge on any atom is 0.347 e. The molecule has 3 aromatic rings. The average Bonchev–Trinajstić information content (AvgIpc) is 3.44. The highest BCUT2D eigenvalue weighted by molar-refractivity contribution is 5.77. The van der Waals surface area contributed by atoms with Crippen LogP contribution in [-0.2, 0) is 13.1 Å². The molecule has 2 aliphatic rings. The molecule has 0 bridgehead atoms. The van der Waals surface area contributed by atoms with Crippen LogP contribution in [0.25, 0.3) is 10.9 Å². The quantitative estimate of drug-likeness (QED) is 0.644. The molecule has 3 heterocycles. The van der Waals surface area contributed by atoms with E-state index in [1.807, 2.05) is 28.8 Å². The van der Waals surface area contributed by atoms with Crippen LogP contribution in [-0.4, -0.2) is 37.1 Å². The third-order valence-electron chi connectivity index (χ3n) is 6.10. The van der Waals surface area contributed by atoms with Crippen LogP contribution in [0.3, 0.4) is 0 Å². The van der Waals surface area contributed by atoms with E-state index in [1.54, 1.807) is 16.8 Å². The Bertz CT molecular complexity index is 1150. The van der Waals surface area contributed by atoms with Gasteiger partial charge in [0.05, 0.1) is 16.9 Å². The van der Waals surface area contributed by atoms with Gasteiger partial charge in [0.2, 0.25) is 0 Å². The minimum Gasteiger partial charge on any atom is -0.298 e. The lowest BCUT2D eigenvalue weighted by Crippen LogP contribution is -2.35. The van der Waals surface area contributed by atoms with Gasteiger partial charge in [-0.25, -0.2) is 14.8 Å². The Kier molecular flexibility index (Phi) is 4.75. The van der Waals surface area contributed by atoms with Crippen molar-refractivity contribution in [2.75, 3.05) is 13.1 Å². The molecule has 1 unspecified atom stereocenters. The number of para-hydroxylation sites is 1. The second-order valence-electron chi connectivity index (χ2n) is 8.14. The normalized spacial score (nSPS) is 19.8. The van der Waals surface area contributed by atoms with Crippen LogP contribution in [0.15, 0.2) is 52.3 Å². The van der Waals surface area contributed by atoms with E-state index < -0.39 is 0 Å². The molecule has 1 aliphatic heterocycles. The second-order valence-corrected chi connectivity index (χ2v) is 8.14. The second kappa shape index (κ2) is 7.55. The highest BCUT2D eigenvalue weighted by Crippen LogP contribution is 2.34. The number of rotatable bonds is 6. The van der Waals surface area contributed by atoms with Crippen molar-refractivity contribution in [1.29, 1.82) is 0 Å². The largest absolute Gasteiger partial charge is 0.347 e. The van der Waals surface area contributed by atoms with E-state index in [2.05, 4.69) is 9.88 Å². The van der Waals surface area contributed by atoms with Crippen LogP contribution < -0.4 is 11.2 Å². The summed E-state index contributed by atoms with van der Waals surface area (Å²) in [5.41, 5.74) is 0.625. The lowest BCUT2D eigenvalue weighted by atomic mass is 10.1. The highest BCUT2D eigenvalue weighted by atomic mass is 16.1. The molecule has 1 saturated heterocycles. The number of hydrogen-bond acceptors (Lipinski definition) is 5. The van der Waals surface area contributed by atoms with Gasteiger partial charge in [-0.15, -0.1) is 0 Å². The Morgan fingerprint density at radius 2 is 1.90 bits per heavy atom. The monoisotopic (exact) mass is 391 g/mol. The fraction of sp³-hybridized carbons (Fsp3) is 0.455. The summed E-state index contributed by atoms with van der Waals surface area (Å²) in [6.07, 6.45) is 7.73. The summed E-state index contributed by atoms with van der Waals surface area (Å²) < 4.78 is 3.57. The first-order chi connectivity index (χ1) is 14.2. The lowest BCUT2D eigenvalue weighted by molar-refractivity contribution is 0.230. The predicted octanol–water partition coefficient (Wildman–Crippen LogP) is 2.20. The van der Waals surface area contributed by atoms with Crippen molar-refractivity contribution in [3.63, 3.8) is 0 Å². The molecule has 7 nitrogen and oxygen atoms in total. The van der Waals surface area contributed by atoms with Crippen LogP contribution in [0.5, 0.6) is 0 Å². The SMILES string of the molecule is O=c1ncccn1CCN1CCCC1c1nc2ccccc2c(=O)n1CC1CC1. The number of likely N-dealkylation sites (tertiary alicyclic amines) is 1. The maximum absolute atomic E-state index is 13.3. The summed E-state index contributed by atoms with van der Waals surface area (Å²) >= 11 is 0. The molecule has 0 amide bonds. The molecule has 7 heteroatoms. The first-order valence-electron chi connectivity index (χ1n) is 10.5. The highest BCUT2D eigenvalue weighted by Gasteiger charge is 2.32. The minimum atomic E-state index is -0.224. The van der Waals surface area contributed by atoms with E-state index >= 15 is 0 Å². The fourth-order valence-corrected chi connectivity index (χ4v) is 4.35. The van der Waals surface area contributed by atoms with Crippen molar-refractivity contribution >= 4 is 10.9 Å². The first kappa shape index (κ1) is 18.2. The molecule has 0 spiro atoms. The van der Waals surface area contributed by atoms with Gasteiger partial charge in [-0.3, -0.25) is 18.8 Å². The maximum atomic E-state index is 13.3. The van der Waals surface area contributed by atoms with E-state index in [-0.39, 0.29) is 17.3 Å². The van der Waals surface area contributed by atoms with Crippen LogP contribution in [0.4, 0.5) is 0 Å². The number of hydrogen-bond donors (Lipinski definition) is 0. The molecule has 1 aliphatic carbocycles. The summed E-state index contributed by atoms with van der Waals surface area (Å²) in [6, 6.07) is 9.53. The Morgan fingerprint density at radius 3 is 2.72 bits per heavy atom. The van der Waals surface area contributed by atoms with Gasteiger partial charge in [0.1, 0.15) is 5.82 Å². The van der Waals surface area contributed by atoms with Gasteiger partial charge in [-0.05, 0) is 56.3 Å². The zero-order valence-corrected chi connectivity index (χ0v) is 16.4. The van der Waals surface area contributed by atoms with Crippen molar-refractivity contribution in [1.82, 2.24) is 24.0 Å². The zero-order valence-electron chi connectivity index (χ0n) is 16.4. The van der Waals surface area contributed by atoms with Crippen molar-refractivity contribution in [2.24, 2.45) is 5.92 Å². The van der Waals surface area contributed by atoms with E-state index in [0.29, 0.717) is 17.8 Å². The van der Waals surface area contributed by atoms with E-state index in [1.165, 1.54) is 19.0 Å². The summed E-state index contributed by atoms with van der Waals surface area (Å²) in [5, 5.41) is 0.698. The van der Waals surface area contributed by atoms with Crippen molar-refractivity contribution in [3.05, 3.63) is 69.4 Å². The molecular weight excluding hydrogens is 366 g/mol. The molecule has 1 saturated carbocycles. The fourth-order valence-electron chi connectivity index (χ4n) is 4.35. The smallest absolute Gasteiger partial charge is 0.298 e. The summed E-state index contributed by atoms with van der Waals surface area (Å²) in [6.45, 7) is 3.04. The van der Waals surface area contributed by atoms with Crippen molar-refractivity contribution in [2.45, 2.75) is 44.8 Å². The number of nitrogens with zero attached hydrogens (tertiary/aromatic N) is 5.